The molecule has 1 aliphatic heterocycles. The molecule has 0 saturated carbocycles. The van der Waals surface area contributed by atoms with Crippen LogP contribution in [-0.4, -0.2) is 62.5 Å². The molecule has 0 radical (unpaired) electrons. The number of benzene rings is 2. The van der Waals surface area contributed by atoms with Gasteiger partial charge in [0.25, 0.3) is 5.92 Å². The van der Waals surface area contributed by atoms with Gasteiger partial charge < -0.3 is 15.0 Å². The van der Waals surface area contributed by atoms with Crippen molar-refractivity contribution in [2.45, 2.75) is 10.8 Å². The fraction of sp³-hybridized carbons (Fsp3) is 0.333. The summed E-state index contributed by atoms with van der Waals surface area (Å²) < 4.78 is 55.1. The van der Waals surface area contributed by atoms with Crippen LogP contribution in [0.3, 0.4) is 0 Å². The van der Waals surface area contributed by atoms with Crippen LogP contribution in [0.25, 0.3) is 22.2 Å². The molecule has 9 heteroatoms. The number of hydrogen-bond acceptors (Lipinski definition) is 4. The van der Waals surface area contributed by atoms with Crippen molar-refractivity contribution in [3.63, 3.8) is 0 Å². The van der Waals surface area contributed by atoms with E-state index in [-0.39, 0.29) is 11.4 Å². The fourth-order valence-electron chi connectivity index (χ4n) is 3.82. The van der Waals surface area contributed by atoms with Crippen LogP contribution in [0.1, 0.15) is 0 Å². The Labute approximate surface area is 173 Å². The molecule has 0 spiro atoms. The minimum atomic E-state index is -3.70. The number of anilines is 1. The number of aliphatic hydroxyl groups is 1. The van der Waals surface area contributed by atoms with Crippen molar-refractivity contribution in [1.29, 1.82) is 0 Å². The van der Waals surface area contributed by atoms with Gasteiger partial charge in [-0.2, -0.15) is 0 Å². The fourth-order valence-corrected chi connectivity index (χ4v) is 4.75. The smallest absolute Gasteiger partial charge is 0.271 e. The quantitative estimate of drug-likeness (QED) is 0.646. The number of sulfonamides is 1. The van der Waals surface area contributed by atoms with Crippen molar-refractivity contribution in [2.75, 3.05) is 38.7 Å². The topological polar surface area (TPSA) is 76.6 Å². The summed E-state index contributed by atoms with van der Waals surface area (Å²) in [5.41, 5.74) is 2.51. The number of nitrogens with zero attached hydrogens (tertiary/aromatic N) is 2. The maximum atomic E-state index is 14.3. The van der Waals surface area contributed by atoms with Crippen molar-refractivity contribution in [2.24, 2.45) is 5.92 Å². The van der Waals surface area contributed by atoms with Crippen molar-refractivity contribution in [3.8, 4) is 11.3 Å². The van der Waals surface area contributed by atoms with E-state index in [1.54, 1.807) is 6.07 Å². The van der Waals surface area contributed by atoms with E-state index in [0.29, 0.717) is 16.9 Å². The maximum absolute atomic E-state index is 14.3. The SMILES string of the molecule is CN(C)S(=O)(=O)c1ccc(N2CC(CO)C(F)(F)C2)c(-c2cc3ccccc3[nH]2)c1. The number of alkyl halides is 2. The highest BCUT2D eigenvalue weighted by molar-refractivity contribution is 7.89. The Bertz CT molecular complexity index is 1160. The van der Waals surface area contributed by atoms with Crippen LogP contribution in [-0.2, 0) is 10.0 Å². The van der Waals surface area contributed by atoms with E-state index >= 15 is 0 Å². The average molecular weight is 435 g/mol. The molecule has 2 aromatic carbocycles. The third kappa shape index (κ3) is 3.46. The lowest BCUT2D eigenvalue weighted by Gasteiger charge is -2.22. The summed E-state index contributed by atoms with van der Waals surface area (Å²) in [6.07, 6.45) is 0. The Morgan fingerprint density at radius 1 is 1.20 bits per heavy atom. The monoisotopic (exact) mass is 435 g/mol. The van der Waals surface area contributed by atoms with Crippen LogP contribution in [0.4, 0.5) is 14.5 Å². The molecule has 3 aromatic rings. The first-order chi connectivity index (χ1) is 14.1. The number of aliphatic hydroxyl groups excluding tert-OH is 1. The van der Waals surface area contributed by atoms with E-state index in [4.69, 9.17) is 0 Å². The van der Waals surface area contributed by atoms with Gasteiger partial charge in [-0.25, -0.2) is 21.5 Å². The van der Waals surface area contributed by atoms with Crippen molar-refractivity contribution >= 4 is 26.6 Å². The zero-order valence-electron chi connectivity index (χ0n) is 16.6. The molecule has 1 saturated heterocycles. The Hall–Kier alpha value is -2.49. The normalized spacial score (nSPS) is 19.1. The lowest BCUT2D eigenvalue weighted by atomic mass is 10.1. The van der Waals surface area contributed by atoms with Gasteiger partial charge in [0.1, 0.15) is 0 Å². The number of halogens is 2. The molecule has 0 bridgehead atoms. The van der Waals surface area contributed by atoms with Crippen LogP contribution >= 0.6 is 0 Å². The van der Waals surface area contributed by atoms with E-state index in [2.05, 4.69) is 4.98 Å². The molecule has 0 amide bonds. The zero-order chi connectivity index (χ0) is 21.7. The van der Waals surface area contributed by atoms with Crippen molar-refractivity contribution < 1.29 is 22.3 Å². The van der Waals surface area contributed by atoms with Crippen LogP contribution < -0.4 is 4.90 Å². The van der Waals surface area contributed by atoms with E-state index in [9.17, 15) is 22.3 Å². The Morgan fingerprint density at radius 3 is 2.57 bits per heavy atom. The first kappa shape index (κ1) is 20.8. The van der Waals surface area contributed by atoms with E-state index in [0.717, 1.165) is 15.2 Å². The number of aromatic nitrogens is 1. The third-order valence-electron chi connectivity index (χ3n) is 5.57. The number of H-pyrrole nitrogens is 1. The number of para-hydroxylation sites is 1. The molecule has 2 heterocycles. The van der Waals surface area contributed by atoms with Gasteiger partial charge in [-0.05, 0) is 30.3 Å². The van der Waals surface area contributed by atoms with Crippen LogP contribution in [0.5, 0.6) is 0 Å². The third-order valence-corrected chi connectivity index (χ3v) is 7.38. The summed E-state index contributed by atoms with van der Waals surface area (Å²) in [6.45, 7) is -1.17. The first-order valence-corrected chi connectivity index (χ1v) is 11.0. The van der Waals surface area contributed by atoms with E-state index in [1.165, 1.54) is 31.1 Å². The largest absolute Gasteiger partial charge is 0.396 e. The summed E-state index contributed by atoms with van der Waals surface area (Å²) >= 11 is 0. The number of aromatic amines is 1. The summed E-state index contributed by atoms with van der Waals surface area (Å²) in [7, 11) is -0.817. The van der Waals surface area contributed by atoms with Gasteiger partial charge in [-0.15, -0.1) is 0 Å². The van der Waals surface area contributed by atoms with Gasteiger partial charge in [0.15, 0.2) is 0 Å². The molecule has 6 nitrogen and oxygen atoms in total. The predicted octanol–water partition coefficient (Wildman–Crippen LogP) is 3.15. The predicted molar refractivity (Wildman–Crippen MR) is 112 cm³/mol. The van der Waals surface area contributed by atoms with Gasteiger partial charge in [-0.1, -0.05) is 18.2 Å². The van der Waals surface area contributed by atoms with Gasteiger partial charge >= 0.3 is 0 Å². The molecule has 1 fully saturated rings. The second kappa shape index (κ2) is 7.33. The second-order valence-corrected chi connectivity index (χ2v) is 9.91. The number of fused-ring (bicyclic) bond motifs is 1. The molecule has 1 aliphatic rings. The lowest BCUT2D eigenvalue weighted by Crippen LogP contribution is -2.29. The summed E-state index contributed by atoms with van der Waals surface area (Å²) in [6, 6.07) is 14.0. The highest BCUT2D eigenvalue weighted by Gasteiger charge is 2.48. The second-order valence-electron chi connectivity index (χ2n) is 7.76. The van der Waals surface area contributed by atoms with Gasteiger partial charge in [0.2, 0.25) is 10.0 Å². The molecule has 1 unspecified atom stereocenters. The number of rotatable bonds is 5. The maximum Gasteiger partial charge on any atom is 0.271 e. The zero-order valence-corrected chi connectivity index (χ0v) is 17.5. The summed E-state index contributed by atoms with van der Waals surface area (Å²) in [5, 5.41) is 10.3. The standard InChI is InChI=1S/C21H23F2N3O3S/c1-25(2)30(28,29)16-7-8-20(26-11-15(12-27)21(22,23)13-26)17(10-16)19-9-14-5-3-4-6-18(14)24-19/h3-10,15,24,27H,11-13H2,1-2H3. The van der Waals surface area contributed by atoms with E-state index in [1.807, 2.05) is 30.3 Å². The lowest BCUT2D eigenvalue weighted by molar-refractivity contribution is -0.0391. The van der Waals surface area contributed by atoms with Crippen LogP contribution in [0, 0.1) is 5.92 Å². The van der Waals surface area contributed by atoms with Gasteiger partial charge in [0, 0.05) is 48.5 Å². The van der Waals surface area contributed by atoms with Crippen molar-refractivity contribution in [3.05, 3.63) is 48.5 Å². The van der Waals surface area contributed by atoms with E-state index < -0.39 is 35.0 Å². The molecule has 1 atom stereocenters. The molecular formula is C21H23F2N3O3S. The average Bonchev–Trinajstić information content (AvgIpc) is 3.27. The molecule has 30 heavy (non-hydrogen) atoms. The summed E-state index contributed by atoms with van der Waals surface area (Å²) in [4.78, 5) is 4.84. The number of hydrogen-bond donors (Lipinski definition) is 2. The van der Waals surface area contributed by atoms with Crippen LogP contribution in [0.2, 0.25) is 0 Å². The minimum absolute atomic E-state index is 0.0174. The van der Waals surface area contributed by atoms with Gasteiger partial charge in [-0.3, -0.25) is 0 Å². The Balaban J connectivity index is 1.88. The van der Waals surface area contributed by atoms with Crippen molar-refractivity contribution in [1.82, 2.24) is 9.29 Å². The van der Waals surface area contributed by atoms with Gasteiger partial charge in [0.05, 0.1) is 24.0 Å². The molecule has 4 rings (SSSR count). The highest BCUT2D eigenvalue weighted by Crippen LogP contribution is 2.41. The molecule has 160 valence electrons. The Kier molecular flexibility index (Phi) is 5.08. The molecule has 0 aliphatic carbocycles. The van der Waals surface area contributed by atoms with Crippen LogP contribution in [0.15, 0.2) is 53.4 Å². The first-order valence-electron chi connectivity index (χ1n) is 9.52. The summed E-state index contributed by atoms with van der Waals surface area (Å²) in [5.74, 6) is -4.20. The minimum Gasteiger partial charge on any atom is -0.396 e. The molecule has 1 aromatic heterocycles. The number of nitrogens with one attached hydrogen (secondary N) is 1. The molecule has 2 N–H and O–H groups in total. The Morgan fingerprint density at radius 2 is 1.93 bits per heavy atom. The highest BCUT2D eigenvalue weighted by atomic mass is 32.2. The molecular weight excluding hydrogens is 412 g/mol.